The number of aromatic nitrogens is 2. The van der Waals surface area contributed by atoms with Crippen molar-refractivity contribution >= 4 is 11.8 Å². The van der Waals surface area contributed by atoms with Gasteiger partial charge in [-0.05, 0) is 24.5 Å². The SMILES string of the molecule is CCCCC(CC)CNc1ccc(C(=O)O)nn1. The van der Waals surface area contributed by atoms with Gasteiger partial charge in [0.05, 0.1) is 0 Å². The number of hydrogen-bond acceptors (Lipinski definition) is 4. The molecular formula is C13H21N3O2. The van der Waals surface area contributed by atoms with Gasteiger partial charge in [-0.3, -0.25) is 0 Å². The molecule has 1 aromatic heterocycles. The Bertz CT molecular complexity index is 365. The van der Waals surface area contributed by atoms with Crippen molar-refractivity contribution in [2.45, 2.75) is 39.5 Å². The van der Waals surface area contributed by atoms with Crippen LogP contribution in [0.1, 0.15) is 50.0 Å². The Labute approximate surface area is 108 Å². The minimum Gasteiger partial charge on any atom is -0.476 e. The van der Waals surface area contributed by atoms with Gasteiger partial charge in [0.2, 0.25) is 0 Å². The number of rotatable bonds is 8. The van der Waals surface area contributed by atoms with E-state index in [0.717, 1.165) is 13.0 Å². The van der Waals surface area contributed by atoms with E-state index in [1.165, 1.54) is 25.3 Å². The van der Waals surface area contributed by atoms with E-state index in [9.17, 15) is 4.79 Å². The van der Waals surface area contributed by atoms with Gasteiger partial charge in [0.15, 0.2) is 5.69 Å². The maximum atomic E-state index is 10.6. The number of carboxylic acid groups (broad SMARTS) is 1. The third kappa shape index (κ3) is 4.69. The summed E-state index contributed by atoms with van der Waals surface area (Å²) in [4.78, 5) is 10.6. The lowest BCUT2D eigenvalue weighted by Crippen LogP contribution is -2.15. The Hall–Kier alpha value is -1.65. The second-order valence-corrected chi connectivity index (χ2v) is 4.41. The van der Waals surface area contributed by atoms with Crippen molar-refractivity contribution in [2.75, 3.05) is 11.9 Å². The lowest BCUT2D eigenvalue weighted by molar-refractivity contribution is 0.0689. The van der Waals surface area contributed by atoms with E-state index in [1.807, 2.05) is 0 Å². The van der Waals surface area contributed by atoms with Crippen LogP contribution in [0.25, 0.3) is 0 Å². The number of nitrogens with one attached hydrogen (secondary N) is 1. The highest BCUT2D eigenvalue weighted by molar-refractivity contribution is 5.85. The smallest absolute Gasteiger partial charge is 0.356 e. The van der Waals surface area contributed by atoms with Crippen LogP contribution in [-0.2, 0) is 0 Å². The van der Waals surface area contributed by atoms with Crippen molar-refractivity contribution in [1.29, 1.82) is 0 Å². The van der Waals surface area contributed by atoms with E-state index in [-0.39, 0.29) is 5.69 Å². The van der Waals surface area contributed by atoms with Crippen LogP contribution in [0.5, 0.6) is 0 Å². The van der Waals surface area contributed by atoms with Crippen molar-refractivity contribution in [3.63, 3.8) is 0 Å². The molecule has 5 nitrogen and oxygen atoms in total. The predicted octanol–water partition coefficient (Wildman–Crippen LogP) is 2.80. The van der Waals surface area contributed by atoms with E-state index in [0.29, 0.717) is 11.7 Å². The molecule has 0 amide bonds. The normalized spacial score (nSPS) is 12.1. The Morgan fingerprint density at radius 3 is 2.67 bits per heavy atom. The average molecular weight is 251 g/mol. The fourth-order valence-electron chi connectivity index (χ4n) is 1.73. The van der Waals surface area contributed by atoms with Gasteiger partial charge in [0.1, 0.15) is 5.82 Å². The first-order valence-electron chi connectivity index (χ1n) is 6.48. The van der Waals surface area contributed by atoms with Gasteiger partial charge in [-0.15, -0.1) is 10.2 Å². The van der Waals surface area contributed by atoms with Gasteiger partial charge in [-0.25, -0.2) is 4.79 Å². The first-order chi connectivity index (χ1) is 8.67. The van der Waals surface area contributed by atoms with Gasteiger partial charge in [-0.1, -0.05) is 33.1 Å². The summed E-state index contributed by atoms with van der Waals surface area (Å²) >= 11 is 0. The predicted molar refractivity (Wildman–Crippen MR) is 70.8 cm³/mol. The van der Waals surface area contributed by atoms with E-state index in [1.54, 1.807) is 6.07 Å². The zero-order valence-electron chi connectivity index (χ0n) is 11.0. The summed E-state index contributed by atoms with van der Waals surface area (Å²) in [7, 11) is 0. The van der Waals surface area contributed by atoms with Crippen LogP contribution in [0.2, 0.25) is 0 Å². The highest BCUT2D eigenvalue weighted by atomic mass is 16.4. The number of carboxylic acids is 1. The molecule has 0 bridgehead atoms. The largest absolute Gasteiger partial charge is 0.476 e. The van der Waals surface area contributed by atoms with Crippen LogP contribution in [0.4, 0.5) is 5.82 Å². The summed E-state index contributed by atoms with van der Waals surface area (Å²) in [5.74, 6) is 0.212. The molecule has 5 heteroatoms. The van der Waals surface area contributed by atoms with E-state index >= 15 is 0 Å². The third-order valence-corrected chi connectivity index (χ3v) is 3.00. The Morgan fingerprint density at radius 2 is 2.17 bits per heavy atom. The lowest BCUT2D eigenvalue weighted by atomic mass is 9.99. The summed E-state index contributed by atoms with van der Waals surface area (Å²) in [5.41, 5.74) is -0.0291. The molecule has 100 valence electrons. The second kappa shape index (κ2) is 7.63. The van der Waals surface area contributed by atoms with Gasteiger partial charge >= 0.3 is 5.97 Å². The molecule has 0 saturated heterocycles. The van der Waals surface area contributed by atoms with Gasteiger partial charge in [0.25, 0.3) is 0 Å². The monoisotopic (exact) mass is 251 g/mol. The van der Waals surface area contributed by atoms with Crippen LogP contribution in [0, 0.1) is 5.92 Å². The Kier molecular flexibility index (Phi) is 6.11. The third-order valence-electron chi connectivity index (χ3n) is 3.00. The molecule has 1 heterocycles. The minimum atomic E-state index is -1.05. The van der Waals surface area contributed by atoms with E-state index < -0.39 is 5.97 Å². The number of nitrogens with zero attached hydrogens (tertiary/aromatic N) is 2. The highest BCUT2D eigenvalue weighted by Gasteiger charge is 2.07. The van der Waals surface area contributed by atoms with Gasteiger partial charge < -0.3 is 10.4 Å². The molecule has 1 aromatic rings. The van der Waals surface area contributed by atoms with Crippen molar-refractivity contribution in [2.24, 2.45) is 5.92 Å². The highest BCUT2D eigenvalue weighted by Crippen LogP contribution is 2.13. The maximum Gasteiger partial charge on any atom is 0.356 e. The zero-order valence-corrected chi connectivity index (χ0v) is 11.0. The van der Waals surface area contributed by atoms with Crippen molar-refractivity contribution in [1.82, 2.24) is 10.2 Å². The summed E-state index contributed by atoms with van der Waals surface area (Å²) in [6.45, 7) is 5.23. The van der Waals surface area contributed by atoms with Crippen molar-refractivity contribution in [3.05, 3.63) is 17.8 Å². The molecule has 1 rings (SSSR count). The Balaban J connectivity index is 2.44. The van der Waals surface area contributed by atoms with Crippen molar-refractivity contribution in [3.8, 4) is 0 Å². The molecule has 0 aromatic carbocycles. The first kappa shape index (κ1) is 14.4. The molecule has 0 aliphatic carbocycles. The standard InChI is InChI=1S/C13H21N3O2/c1-3-5-6-10(4-2)9-14-12-8-7-11(13(17)18)15-16-12/h7-8,10H,3-6,9H2,1-2H3,(H,14,16)(H,17,18). The van der Waals surface area contributed by atoms with Crippen LogP contribution in [-0.4, -0.2) is 27.8 Å². The number of carbonyl (C=O) groups is 1. The summed E-state index contributed by atoms with van der Waals surface area (Å²) in [6, 6.07) is 3.12. The zero-order chi connectivity index (χ0) is 13.4. The molecule has 2 N–H and O–H groups in total. The van der Waals surface area contributed by atoms with E-state index in [2.05, 4.69) is 29.4 Å². The molecule has 1 unspecified atom stereocenters. The molecular weight excluding hydrogens is 230 g/mol. The molecule has 0 saturated carbocycles. The summed E-state index contributed by atoms with van der Waals surface area (Å²) < 4.78 is 0. The van der Waals surface area contributed by atoms with Crippen LogP contribution < -0.4 is 5.32 Å². The second-order valence-electron chi connectivity index (χ2n) is 4.41. The first-order valence-corrected chi connectivity index (χ1v) is 6.48. The van der Waals surface area contributed by atoms with Crippen LogP contribution >= 0.6 is 0 Å². The molecule has 18 heavy (non-hydrogen) atoms. The fraction of sp³-hybridized carbons (Fsp3) is 0.615. The Morgan fingerprint density at radius 1 is 1.39 bits per heavy atom. The number of anilines is 1. The molecule has 1 atom stereocenters. The molecule has 0 fully saturated rings. The topological polar surface area (TPSA) is 75.1 Å². The summed E-state index contributed by atoms with van der Waals surface area (Å²) in [5, 5.41) is 19.4. The molecule has 0 aliphatic rings. The average Bonchev–Trinajstić information content (AvgIpc) is 2.39. The van der Waals surface area contributed by atoms with Crippen molar-refractivity contribution < 1.29 is 9.90 Å². The molecule has 0 radical (unpaired) electrons. The van der Waals surface area contributed by atoms with Gasteiger partial charge in [0, 0.05) is 6.54 Å². The number of unbranched alkanes of at least 4 members (excludes halogenated alkanes) is 1. The molecule has 0 spiro atoms. The quantitative estimate of drug-likeness (QED) is 0.743. The van der Waals surface area contributed by atoms with Crippen LogP contribution in [0.3, 0.4) is 0 Å². The van der Waals surface area contributed by atoms with E-state index in [4.69, 9.17) is 5.11 Å². The summed E-state index contributed by atoms with van der Waals surface area (Å²) in [6.07, 6.45) is 4.79. The van der Waals surface area contributed by atoms with Gasteiger partial charge in [-0.2, -0.15) is 0 Å². The lowest BCUT2D eigenvalue weighted by Gasteiger charge is -2.15. The number of hydrogen-bond donors (Lipinski definition) is 2. The molecule has 0 aliphatic heterocycles. The maximum absolute atomic E-state index is 10.6. The minimum absolute atomic E-state index is 0.0291. The fourth-order valence-corrected chi connectivity index (χ4v) is 1.73. The number of aromatic carboxylic acids is 1. The van der Waals surface area contributed by atoms with Crippen LogP contribution in [0.15, 0.2) is 12.1 Å².